The van der Waals surface area contributed by atoms with Crippen LogP contribution in [-0.2, 0) is 0 Å². The Morgan fingerprint density at radius 3 is 2.43 bits per heavy atom. The zero-order valence-corrected chi connectivity index (χ0v) is 13.2. The van der Waals surface area contributed by atoms with Crippen LogP contribution in [0.15, 0.2) is 45.4 Å². The minimum absolute atomic E-state index is 0.169. The molecule has 0 aliphatic rings. The smallest absolute Gasteiger partial charge is 0.258 e. The zero-order chi connectivity index (χ0) is 15.0. The summed E-state index contributed by atoms with van der Waals surface area (Å²) in [4.78, 5) is 4.40. The summed E-state index contributed by atoms with van der Waals surface area (Å²) in [6, 6.07) is 10.8. The van der Waals surface area contributed by atoms with Crippen molar-refractivity contribution < 1.29 is 9.63 Å². The second kappa shape index (κ2) is 5.33. The van der Waals surface area contributed by atoms with Crippen LogP contribution in [-0.4, -0.2) is 15.2 Å². The highest BCUT2D eigenvalue weighted by atomic mass is 79.9. The van der Waals surface area contributed by atoms with Crippen molar-refractivity contribution in [1.29, 1.82) is 0 Å². The Morgan fingerprint density at radius 2 is 1.76 bits per heavy atom. The average molecular weight is 345 g/mol. The van der Waals surface area contributed by atoms with Crippen LogP contribution in [0.2, 0.25) is 0 Å². The Balaban J connectivity index is 2.02. The van der Waals surface area contributed by atoms with Gasteiger partial charge in [-0.2, -0.15) is 4.98 Å². The molecule has 0 bridgehead atoms. The van der Waals surface area contributed by atoms with E-state index in [1.807, 2.05) is 32.0 Å². The molecule has 1 N–H and O–H groups in total. The summed E-state index contributed by atoms with van der Waals surface area (Å²) in [5.74, 6) is 1.09. The summed E-state index contributed by atoms with van der Waals surface area (Å²) in [6.07, 6.45) is 0. The summed E-state index contributed by atoms with van der Waals surface area (Å²) < 4.78 is 6.37. The van der Waals surface area contributed by atoms with E-state index in [1.165, 1.54) is 0 Å². The van der Waals surface area contributed by atoms with E-state index in [0.717, 1.165) is 21.2 Å². The first-order chi connectivity index (χ1) is 10.0. The van der Waals surface area contributed by atoms with E-state index in [2.05, 4.69) is 26.1 Å². The summed E-state index contributed by atoms with van der Waals surface area (Å²) in [6.45, 7) is 4.05. The molecule has 1 heterocycles. The van der Waals surface area contributed by atoms with E-state index in [0.29, 0.717) is 17.3 Å². The molecular formula is C16H13BrN2O2. The Hall–Kier alpha value is -2.14. The molecule has 2 aromatic carbocycles. The van der Waals surface area contributed by atoms with E-state index < -0.39 is 0 Å². The molecule has 0 amide bonds. The van der Waals surface area contributed by atoms with Gasteiger partial charge in [0.05, 0.1) is 0 Å². The van der Waals surface area contributed by atoms with Crippen LogP contribution in [0.4, 0.5) is 0 Å². The largest absolute Gasteiger partial charge is 0.508 e. The van der Waals surface area contributed by atoms with Gasteiger partial charge in [-0.25, -0.2) is 0 Å². The van der Waals surface area contributed by atoms with Crippen molar-refractivity contribution in [3.8, 4) is 28.6 Å². The van der Waals surface area contributed by atoms with Crippen molar-refractivity contribution in [2.45, 2.75) is 13.8 Å². The van der Waals surface area contributed by atoms with Gasteiger partial charge in [-0.1, -0.05) is 27.2 Å². The molecule has 4 nitrogen and oxygen atoms in total. The lowest BCUT2D eigenvalue weighted by atomic mass is 10.1. The van der Waals surface area contributed by atoms with E-state index in [4.69, 9.17) is 4.52 Å². The van der Waals surface area contributed by atoms with E-state index >= 15 is 0 Å². The molecule has 3 aromatic rings. The second-order valence-corrected chi connectivity index (χ2v) is 5.69. The molecule has 0 aliphatic heterocycles. The molecule has 3 rings (SSSR count). The van der Waals surface area contributed by atoms with Gasteiger partial charge in [0.25, 0.3) is 5.89 Å². The standard InChI is InChI=1S/C16H13BrN2O2/c1-9-6-12(7-10(2)14(9)17)15-18-16(21-19-15)11-4-3-5-13(20)8-11/h3-8,20H,1-2H3. The second-order valence-electron chi connectivity index (χ2n) is 4.90. The first-order valence-electron chi connectivity index (χ1n) is 6.45. The monoisotopic (exact) mass is 344 g/mol. The van der Waals surface area contributed by atoms with Crippen LogP contribution in [0.5, 0.6) is 5.75 Å². The number of aryl methyl sites for hydroxylation is 2. The van der Waals surface area contributed by atoms with Gasteiger partial charge in [-0.15, -0.1) is 0 Å². The molecule has 0 spiro atoms. The van der Waals surface area contributed by atoms with Crippen molar-refractivity contribution >= 4 is 15.9 Å². The summed E-state index contributed by atoms with van der Waals surface area (Å²) in [5, 5.41) is 13.5. The maximum atomic E-state index is 9.51. The summed E-state index contributed by atoms with van der Waals surface area (Å²) in [5.41, 5.74) is 3.84. The SMILES string of the molecule is Cc1cc(-c2noc(-c3cccc(O)c3)n2)cc(C)c1Br. The molecule has 0 saturated heterocycles. The summed E-state index contributed by atoms with van der Waals surface area (Å²) >= 11 is 3.54. The third-order valence-corrected chi connectivity index (χ3v) is 4.46. The highest BCUT2D eigenvalue weighted by Crippen LogP contribution is 2.29. The fourth-order valence-corrected chi connectivity index (χ4v) is 2.40. The van der Waals surface area contributed by atoms with Crippen LogP contribution >= 0.6 is 15.9 Å². The van der Waals surface area contributed by atoms with Gasteiger partial charge in [-0.3, -0.25) is 0 Å². The molecule has 1 aromatic heterocycles. The Morgan fingerprint density at radius 1 is 1.05 bits per heavy atom. The topological polar surface area (TPSA) is 59.2 Å². The number of benzene rings is 2. The fraction of sp³-hybridized carbons (Fsp3) is 0.125. The molecule has 21 heavy (non-hydrogen) atoms. The number of aromatic nitrogens is 2. The number of phenols is 1. The lowest BCUT2D eigenvalue weighted by molar-refractivity contribution is 0.431. The molecule has 0 saturated carbocycles. The van der Waals surface area contributed by atoms with Crippen molar-refractivity contribution in [1.82, 2.24) is 10.1 Å². The maximum Gasteiger partial charge on any atom is 0.258 e. The molecular weight excluding hydrogens is 332 g/mol. The fourth-order valence-electron chi connectivity index (χ4n) is 2.17. The first-order valence-corrected chi connectivity index (χ1v) is 7.24. The number of nitrogens with zero attached hydrogens (tertiary/aromatic N) is 2. The van der Waals surface area contributed by atoms with E-state index in [-0.39, 0.29) is 5.75 Å². The van der Waals surface area contributed by atoms with E-state index in [1.54, 1.807) is 18.2 Å². The molecule has 0 radical (unpaired) electrons. The number of phenolic OH excluding ortho intramolecular Hbond substituents is 1. The highest BCUT2D eigenvalue weighted by molar-refractivity contribution is 9.10. The van der Waals surface area contributed by atoms with Gasteiger partial charge >= 0.3 is 0 Å². The predicted octanol–water partition coefficient (Wildman–Crippen LogP) is 4.49. The van der Waals surface area contributed by atoms with Crippen molar-refractivity contribution in [2.24, 2.45) is 0 Å². The maximum absolute atomic E-state index is 9.51. The quantitative estimate of drug-likeness (QED) is 0.744. The number of hydrogen-bond donors (Lipinski definition) is 1. The normalized spacial score (nSPS) is 10.8. The minimum atomic E-state index is 0.169. The molecule has 0 aliphatic carbocycles. The highest BCUT2D eigenvalue weighted by Gasteiger charge is 2.12. The van der Waals surface area contributed by atoms with Gasteiger partial charge in [0.15, 0.2) is 0 Å². The van der Waals surface area contributed by atoms with Crippen LogP contribution < -0.4 is 0 Å². The Kier molecular flexibility index (Phi) is 3.51. The Labute approximate surface area is 130 Å². The predicted molar refractivity (Wildman–Crippen MR) is 84.0 cm³/mol. The van der Waals surface area contributed by atoms with Gasteiger partial charge in [0.2, 0.25) is 5.82 Å². The van der Waals surface area contributed by atoms with Gasteiger partial charge in [-0.05, 0) is 55.3 Å². The number of halogens is 1. The molecule has 5 heteroatoms. The van der Waals surface area contributed by atoms with Crippen LogP contribution in [0, 0.1) is 13.8 Å². The van der Waals surface area contributed by atoms with Crippen molar-refractivity contribution in [2.75, 3.05) is 0 Å². The third-order valence-electron chi connectivity index (χ3n) is 3.21. The van der Waals surface area contributed by atoms with Crippen LogP contribution in [0.3, 0.4) is 0 Å². The van der Waals surface area contributed by atoms with Gasteiger partial charge < -0.3 is 9.63 Å². The van der Waals surface area contributed by atoms with Gasteiger partial charge in [0.1, 0.15) is 5.75 Å². The van der Waals surface area contributed by atoms with E-state index in [9.17, 15) is 5.11 Å². The minimum Gasteiger partial charge on any atom is -0.508 e. The number of aromatic hydroxyl groups is 1. The molecule has 106 valence electrons. The van der Waals surface area contributed by atoms with Crippen molar-refractivity contribution in [3.05, 3.63) is 52.0 Å². The van der Waals surface area contributed by atoms with Gasteiger partial charge in [0, 0.05) is 15.6 Å². The number of hydrogen-bond acceptors (Lipinski definition) is 4. The number of rotatable bonds is 2. The Bertz CT molecular complexity index is 789. The molecule has 0 atom stereocenters. The lowest BCUT2D eigenvalue weighted by Gasteiger charge is -2.04. The van der Waals surface area contributed by atoms with Crippen LogP contribution in [0.25, 0.3) is 22.8 Å². The third kappa shape index (κ3) is 2.69. The van der Waals surface area contributed by atoms with Crippen LogP contribution in [0.1, 0.15) is 11.1 Å². The lowest BCUT2D eigenvalue weighted by Crippen LogP contribution is -1.87. The summed E-state index contributed by atoms with van der Waals surface area (Å²) in [7, 11) is 0. The average Bonchev–Trinajstić information content (AvgIpc) is 2.94. The zero-order valence-electron chi connectivity index (χ0n) is 11.6. The molecule has 0 unspecified atom stereocenters. The van der Waals surface area contributed by atoms with Crippen molar-refractivity contribution in [3.63, 3.8) is 0 Å². The molecule has 0 fully saturated rings. The first kappa shape index (κ1) is 13.8.